The van der Waals surface area contributed by atoms with Crippen molar-refractivity contribution in [1.82, 2.24) is 30.2 Å². The summed E-state index contributed by atoms with van der Waals surface area (Å²) in [7, 11) is 0. The molecule has 6 heterocycles. The lowest BCUT2D eigenvalue weighted by molar-refractivity contribution is -0.131. The number of nitrogens with two attached hydrogens (primary N) is 2. The van der Waals surface area contributed by atoms with Gasteiger partial charge in [-0.15, -0.1) is 0 Å². The summed E-state index contributed by atoms with van der Waals surface area (Å²) in [4.78, 5) is 144. The lowest BCUT2D eigenvalue weighted by Crippen LogP contribution is -2.56. The largest absolute Gasteiger partial charge is 0.506 e. The topological polar surface area (TPSA) is 393 Å². The van der Waals surface area contributed by atoms with Crippen molar-refractivity contribution in [2.24, 2.45) is 60.9 Å². The molecular formula is C85H126N8O15. The van der Waals surface area contributed by atoms with Crippen molar-refractivity contribution in [3.63, 3.8) is 0 Å². The molecule has 0 amide bonds. The number of aromatic amines is 1. The molecule has 2 aliphatic carbocycles. The van der Waals surface area contributed by atoms with Crippen molar-refractivity contribution >= 4 is 69.8 Å². The zero-order chi connectivity index (χ0) is 84.0. The van der Waals surface area contributed by atoms with E-state index in [4.69, 9.17) is 26.1 Å². The molecule has 108 heavy (non-hydrogen) atoms. The molecule has 0 radical (unpaired) electrons. The predicted octanol–water partition coefficient (Wildman–Crippen LogP) is 17.0. The van der Waals surface area contributed by atoms with Crippen LogP contribution in [-0.4, -0.2) is 122 Å². The van der Waals surface area contributed by atoms with Gasteiger partial charge in [-0.1, -0.05) is 196 Å². The quantitative estimate of drug-likeness (QED) is 0.0477. The number of nitrogens with zero attached hydrogens (tertiary/aromatic N) is 4. The highest BCUT2D eigenvalue weighted by Gasteiger charge is 2.45. The summed E-state index contributed by atoms with van der Waals surface area (Å²) in [6, 6.07) is 12.9. The third-order valence-electron chi connectivity index (χ3n) is 17.2. The lowest BCUT2D eigenvalue weighted by Gasteiger charge is -2.40. The van der Waals surface area contributed by atoms with Gasteiger partial charge in [-0.3, -0.25) is 48.1 Å². The second-order valence-electron chi connectivity index (χ2n) is 36.0. The predicted molar refractivity (Wildman–Crippen MR) is 423 cm³/mol. The molecule has 596 valence electrons. The van der Waals surface area contributed by atoms with Gasteiger partial charge < -0.3 is 41.5 Å². The molecule has 23 nitrogen and oxygen atoms in total. The van der Waals surface area contributed by atoms with Crippen molar-refractivity contribution in [3.8, 4) is 5.75 Å². The van der Waals surface area contributed by atoms with E-state index in [0.717, 1.165) is 42.6 Å². The van der Waals surface area contributed by atoms with E-state index < -0.39 is 39.1 Å². The van der Waals surface area contributed by atoms with Gasteiger partial charge >= 0.3 is 11.9 Å². The first-order valence-electron chi connectivity index (χ1n) is 36.5. The smallest absolute Gasteiger partial charge is 0.371 e. The van der Waals surface area contributed by atoms with E-state index >= 15 is 0 Å². The summed E-state index contributed by atoms with van der Waals surface area (Å²) in [5, 5.41) is 30.0. The number of Topliss-reactive ketones (excluding diaryl/α,β-unsaturated/α-hetero) is 9. The van der Waals surface area contributed by atoms with Gasteiger partial charge in [0.25, 0.3) is 0 Å². The van der Waals surface area contributed by atoms with E-state index in [1.807, 2.05) is 137 Å². The van der Waals surface area contributed by atoms with Gasteiger partial charge in [-0.25, -0.2) is 24.5 Å². The second kappa shape index (κ2) is 39.8. The molecule has 9 N–H and O–H groups in total. The Labute approximate surface area is 641 Å². The zero-order valence-electron chi connectivity index (χ0n) is 69.5. The molecule has 1 saturated heterocycles. The van der Waals surface area contributed by atoms with Crippen LogP contribution in [0.1, 0.15) is 310 Å². The van der Waals surface area contributed by atoms with Gasteiger partial charge in [0.1, 0.15) is 34.5 Å². The summed E-state index contributed by atoms with van der Waals surface area (Å²) >= 11 is 0. The number of nitrogens with one attached hydrogen (secondary N) is 2. The number of piperidine rings is 1. The number of rotatable bonds is 11. The fraction of sp³-hybridized carbons (Fsp3) is 0.565. The number of carbonyl (C=O) groups is 11. The fourth-order valence-electron chi connectivity index (χ4n) is 10.6. The Hall–Kier alpha value is -9.09. The first-order valence-corrected chi connectivity index (χ1v) is 36.5. The highest BCUT2D eigenvalue weighted by molar-refractivity contribution is 6.06. The van der Waals surface area contributed by atoms with Crippen LogP contribution in [0.4, 0.5) is 5.82 Å². The van der Waals surface area contributed by atoms with Crippen LogP contribution in [0.3, 0.4) is 0 Å². The van der Waals surface area contributed by atoms with E-state index in [0.29, 0.717) is 47.9 Å². The second-order valence-corrected chi connectivity index (χ2v) is 36.0. The van der Waals surface area contributed by atoms with Gasteiger partial charge in [-0.2, -0.15) is 0 Å². The summed E-state index contributed by atoms with van der Waals surface area (Å²) in [6.07, 6.45) is 14.9. The summed E-state index contributed by atoms with van der Waals surface area (Å²) in [6.45, 7) is 55.6. The molecule has 5 aromatic heterocycles. The minimum Gasteiger partial charge on any atom is -0.506 e. The molecule has 5 aromatic rings. The average molecular weight is 1500 g/mol. The van der Waals surface area contributed by atoms with Crippen LogP contribution in [0.25, 0.3) is 0 Å². The number of nitrogen functional groups attached to an aromatic ring is 1. The molecule has 23 heteroatoms. The number of carbonyl (C=O) groups excluding carboxylic acids is 9. The van der Waals surface area contributed by atoms with Crippen LogP contribution in [0.5, 0.6) is 5.75 Å². The number of aromatic carboxylic acids is 2. The maximum absolute atomic E-state index is 12.5. The third-order valence-corrected chi connectivity index (χ3v) is 17.2. The van der Waals surface area contributed by atoms with Crippen molar-refractivity contribution in [2.45, 2.75) is 250 Å². The molecule has 4 atom stereocenters. The standard InChI is InChI=1S/C15H25NO.C11H15NO.C10H14N2O.C10H13NO2.C10H19NO.C10H12O4.C10H16O2.C9H12N2O3/c1-10(2)12-8-7-11(3)15(16,9-12)13(17)14(4,5)6;1-8-5-6-9(7-12-8)10(13)11(2,3)4;1-10(2,3)9(13)7-4-5-8(11)12-6-7;1-10(2,3)9(13)8-7(12)5-4-6-11-8;1-10(2,3)9(12)8-6-4-5-7-11-8;1-10(2,3)8(11)6-4-5-7(14-6)9(12)13;1-10(2,3)9(12)7-4-5-8(11)6-7;1-9(2,3)7(12)5-6(8(13)14)11-4-10-5/h7,12H,1,8-9,16H2,2-6H3;5-7H,1-4H3;4-6H,1-3H3,(H2,11,12);4-6,12H,1-3H3;8,11H,4-7H2,1-3H3;4-5H,1-3H3,(H,12,13);7H,4-6H2,1-3H3;4H,1-3H3,(H,10,11)(H,13,14)/t;;;;;;7-;/m......1./s1. The first kappa shape index (κ1) is 96.9. The van der Waals surface area contributed by atoms with Gasteiger partial charge in [0.05, 0.1) is 17.9 Å². The van der Waals surface area contributed by atoms with E-state index in [2.05, 4.69) is 42.9 Å². The number of H-pyrrole nitrogens is 1. The third kappa shape index (κ3) is 31.6. The molecule has 8 rings (SSSR count). The van der Waals surface area contributed by atoms with Crippen LogP contribution >= 0.6 is 0 Å². The number of hydrogen-bond acceptors (Lipinski definition) is 20. The Bertz CT molecular complexity index is 3890. The SMILES string of the molecule is C=C(C)C1CC=C(C)C(N)(C(=O)C(C)(C)C)C1.CC(C)(C)C(=O)C1CCCCN1.CC(C)(C)C(=O)[C@@H]1CCC(=O)C1.CC(C)(C)C(=O)c1ccc(C(=O)O)o1.CC(C)(C)C(=O)c1ccc(N)nc1.CC(C)(C)C(=O)c1nc[nH]c1C(=O)O.CC(C)(C)C(=O)c1ncccc1O.Cc1ccc(C(=O)C(C)(C)C)cn1. The van der Waals surface area contributed by atoms with Crippen LogP contribution in [0, 0.1) is 62.1 Å². The minimum absolute atomic E-state index is 0.00926. The van der Waals surface area contributed by atoms with Crippen LogP contribution in [0.15, 0.2) is 102 Å². The maximum atomic E-state index is 12.5. The molecule has 3 unspecified atom stereocenters. The van der Waals surface area contributed by atoms with Gasteiger partial charge in [-0.05, 0) is 114 Å². The minimum atomic E-state index is -1.17. The average Bonchev–Trinajstić information content (AvgIpc) is 0.982. The molecule has 1 saturated carbocycles. The number of pyridine rings is 3. The number of aryl methyl sites for hydroxylation is 1. The van der Waals surface area contributed by atoms with Gasteiger partial charge in [0, 0.05) is 97.5 Å². The number of hydrogen-bond donors (Lipinski definition) is 7. The summed E-state index contributed by atoms with van der Waals surface area (Å²) in [5.41, 5.74) is 12.1. The van der Waals surface area contributed by atoms with Crippen molar-refractivity contribution in [3.05, 3.63) is 143 Å². The number of carboxylic acid groups (broad SMARTS) is 2. The Morgan fingerprint density at radius 3 is 1.43 bits per heavy atom. The van der Waals surface area contributed by atoms with E-state index in [1.54, 1.807) is 86.7 Å². The van der Waals surface area contributed by atoms with Gasteiger partial charge in [0.2, 0.25) is 11.5 Å². The van der Waals surface area contributed by atoms with Crippen molar-refractivity contribution in [2.75, 3.05) is 12.3 Å². The fourth-order valence-corrected chi connectivity index (χ4v) is 10.6. The van der Waals surface area contributed by atoms with E-state index in [9.17, 15) is 57.8 Å². The van der Waals surface area contributed by atoms with Gasteiger partial charge in [0.15, 0.2) is 46.2 Å². The number of ketones is 9. The number of aromatic nitrogens is 5. The summed E-state index contributed by atoms with van der Waals surface area (Å²) in [5.74, 6) is -1.16. The highest BCUT2D eigenvalue weighted by atomic mass is 16.4. The Balaban J connectivity index is 0.000000618. The lowest BCUT2D eigenvalue weighted by atomic mass is 9.67. The normalized spacial score (nSPS) is 17.3. The maximum Gasteiger partial charge on any atom is 0.371 e. The Morgan fingerprint density at radius 1 is 0.556 bits per heavy atom. The number of carboxylic acids is 2. The summed E-state index contributed by atoms with van der Waals surface area (Å²) < 4.78 is 4.88. The number of aromatic hydroxyl groups is 1. The number of furan rings is 1. The van der Waals surface area contributed by atoms with Crippen molar-refractivity contribution in [1.29, 1.82) is 0 Å². The zero-order valence-corrected chi connectivity index (χ0v) is 69.5. The number of anilines is 1. The van der Waals surface area contributed by atoms with Crippen LogP contribution < -0.4 is 16.8 Å². The van der Waals surface area contributed by atoms with Crippen LogP contribution in [-0.2, 0) is 19.2 Å². The number of imidazole rings is 1. The Kier molecular flexibility index (Phi) is 35.8. The molecule has 1 aliphatic heterocycles. The van der Waals surface area contributed by atoms with E-state index in [1.165, 1.54) is 49.8 Å². The molecule has 0 bridgehead atoms. The highest BCUT2D eigenvalue weighted by Crippen LogP contribution is 2.39. The van der Waals surface area contributed by atoms with Crippen LogP contribution in [0.2, 0.25) is 0 Å². The molecular weight excluding hydrogens is 1370 g/mol. The van der Waals surface area contributed by atoms with Crippen molar-refractivity contribution < 1.29 is 72.5 Å². The number of allylic oxidation sites excluding steroid dienone is 2. The van der Waals surface area contributed by atoms with E-state index in [-0.39, 0.29) is 114 Å². The monoisotopic (exact) mass is 1500 g/mol. The molecule has 2 fully saturated rings. The first-order chi connectivity index (χ1) is 48.9. The molecule has 0 aromatic carbocycles. The Morgan fingerprint density at radius 2 is 1.05 bits per heavy atom. The molecule has 0 spiro atoms. The molecule has 3 aliphatic rings.